The van der Waals surface area contributed by atoms with Gasteiger partial charge in [0, 0.05) is 12.6 Å². The van der Waals surface area contributed by atoms with Crippen molar-refractivity contribution >= 4 is 12.0 Å². The normalized spacial score (nSPS) is 12.3. The van der Waals surface area contributed by atoms with E-state index in [0.717, 1.165) is 41.4 Å². The first kappa shape index (κ1) is 25.1. The number of furan rings is 1. The summed E-state index contributed by atoms with van der Waals surface area (Å²) in [6.07, 6.45) is 4.92. The van der Waals surface area contributed by atoms with Gasteiger partial charge in [0.1, 0.15) is 18.1 Å². The number of hydrogen-bond donors (Lipinski definition) is 1. The van der Waals surface area contributed by atoms with E-state index in [0.29, 0.717) is 24.7 Å². The molecule has 1 atom stereocenters. The molecule has 8 heteroatoms. The lowest BCUT2D eigenvalue weighted by atomic mass is 10.1. The van der Waals surface area contributed by atoms with Crippen molar-refractivity contribution in [2.75, 3.05) is 26.7 Å². The van der Waals surface area contributed by atoms with Crippen LogP contribution < -0.4 is 14.8 Å². The largest absolute Gasteiger partial charge is 0.493 e. The van der Waals surface area contributed by atoms with Crippen molar-refractivity contribution in [1.29, 1.82) is 0 Å². The molecule has 0 spiro atoms. The fourth-order valence-corrected chi connectivity index (χ4v) is 3.75. The second-order valence-corrected chi connectivity index (χ2v) is 7.83. The third-order valence-electron chi connectivity index (χ3n) is 5.76. The lowest BCUT2D eigenvalue weighted by molar-refractivity contribution is -0.116. The topological polar surface area (TPSA) is 90.0 Å². The molecule has 0 fully saturated rings. The second-order valence-electron chi connectivity index (χ2n) is 7.83. The van der Waals surface area contributed by atoms with Crippen LogP contribution in [0.1, 0.15) is 48.2 Å². The van der Waals surface area contributed by atoms with Crippen molar-refractivity contribution in [2.45, 2.75) is 40.3 Å². The van der Waals surface area contributed by atoms with E-state index >= 15 is 0 Å². The zero-order valence-corrected chi connectivity index (χ0v) is 20.5. The van der Waals surface area contributed by atoms with Gasteiger partial charge in [-0.1, -0.05) is 25.1 Å². The number of likely N-dealkylation sites (N-methyl/N-ethyl adjacent to an activating group) is 1. The number of methoxy groups -OCH3 is 1. The zero-order chi connectivity index (χ0) is 24.5. The van der Waals surface area contributed by atoms with Crippen LogP contribution in [-0.2, 0) is 11.4 Å². The van der Waals surface area contributed by atoms with Gasteiger partial charge in [-0.3, -0.25) is 9.69 Å². The van der Waals surface area contributed by atoms with Gasteiger partial charge < -0.3 is 23.7 Å². The van der Waals surface area contributed by atoms with Crippen LogP contribution in [0.3, 0.4) is 0 Å². The van der Waals surface area contributed by atoms with Gasteiger partial charge in [-0.05, 0) is 62.8 Å². The van der Waals surface area contributed by atoms with Gasteiger partial charge in [0.25, 0.3) is 0 Å². The molecule has 182 valence electrons. The number of hydrogen-bond acceptors (Lipinski definition) is 7. The number of aromatic nitrogens is 1. The van der Waals surface area contributed by atoms with E-state index in [4.69, 9.17) is 18.4 Å². The number of ether oxygens (including phenoxy) is 2. The van der Waals surface area contributed by atoms with Crippen LogP contribution in [0.2, 0.25) is 0 Å². The summed E-state index contributed by atoms with van der Waals surface area (Å²) >= 11 is 0. The highest BCUT2D eigenvalue weighted by molar-refractivity contribution is 5.91. The number of nitrogens with one attached hydrogen (secondary N) is 1. The summed E-state index contributed by atoms with van der Waals surface area (Å²) in [6.45, 7) is 10.4. The van der Waals surface area contributed by atoms with Crippen LogP contribution in [-0.4, -0.2) is 42.7 Å². The van der Waals surface area contributed by atoms with Crippen LogP contribution in [0, 0.1) is 13.8 Å². The van der Waals surface area contributed by atoms with E-state index in [1.54, 1.807) is 19.4 Å². The molecule has 34 heavy (non-hydrogen) atoms. The highest BCUT2D eigenvalue weighted by Gasteiger charge is 2.20. The predicted octanol–water partition coefficient (Wildman–Crippen LogP) is 4.68. The molecule has 1 amide bonds. The van der Waals surface area contributed by atoms with Gasteiger partial charge in [-0.15, -0.1) is 0 Å². The average Bonchev–Trinajstić information content (AvgIpc) is 3.49. The molecule has 0 aliphatic heterocycles. The first-order chi connectivity index (χ1) is 16.5. The van der Waals surface area contributed by atoms with Crippen LogP contribution in [0.4, 0.5) is 0 Å². The van der Waals surface area contributed by atoms with Crippen molar-refractivity contribution in [2.24, 2.45) is 0 Å². The van der Waals surface area contributed by atoms with Crippen LogP contribution in [0.15, 0.2) is 51.6 Å². The van der Waals surface area contributed by atoms with Gasteiger partial charge in [0.15, 0.2) is 11.5 Å². The highest BCUT2D eigenvalue weighted by Crippen LogP contribution is 2.30. The van der Waals surface area contributed by atoms with E-state index in [1.807, 2.05) is 44.2 Å². The summed E-state index contributed by atoms with van der Waals surface area (Å²) in [4.78, 5) is 14.7. The van der Waals surface area contributed by atoms with Crippen molar-refractivity contribution < 1.29 is 23.2 Å². The number of aryl methyl sites for hydroxylation is 2. The first-order valence-corrected chi connectivity index (χ1v) is 11.4. The molecule has 0 aliphatic carbocycles. The monoisotopic (exact) mass is 467 g/mol. The Kier molecular flexibility index (Phi) is 8.93. The van der Waals surface area contributed by atoms with E-state index in [9.17, 15) is 4.79 Å². The van der Waals surface area contributed by atoms with Gasteiger partial charge >= 0.3 is 0 Å². The summed E-state index contributed by atoms with van der Waals surface area (Å²) < 4.78 is 22.2. The molecule has 3 aromatic rings. The van der Waals surface area contributed by atoms with E-state index in [1.165, 1.54) is 6.08 Å². The standard InChI is InChI=1S/C26H33N3O5/c1-6-29(7-2)22(23-9-8-14-32-23)16-27-26(30)13-11-20-10-12-24(25(15-20)31-5)33-17-21-18(3)28-34-19(21)4/h8-15,22H,6-7,16-17H2,1-5H3,(H,27,30)/b13-11+/t22-/m0/s1. The number of rotatable bonds is 12. The second kappa shape index (κ2) is 12.1. The maximum atomic E-state index is 12.5. The Morgan fingerprint density at radius 1 is 1.21 bits per heavy atom. The number of carbonyl (C=O) groups is 1. The average molecular weight is 468 g/mol. The number of amides is 1. The summed E-state index contributed by atoms with van der Waals surface area (Å²) in [6, 6.07) is 9.30. The summed E-state index contributed by atoms with van der Waals surface area (Å²) in [5.74, 6) is 2.57. The Balaban J connectivity index is 1.61. The van der Waals surface area contributed by atoms with Gasteiger partial charge in [0.2, 0.25) is 5.91 Å². The Bertz CT molecular complexity index is 1060. The van der Waals surface area contributed by atoms with E-state index in [-0.39, 0.29) is 11.9 Å². The highest BCUT2D eigenvalue weighted by atomic mass is 16.5. The molecular weight excluding hydrogens is 434 g/mol. The SMILES string of the molecule is CCN(CC)[C@@H](CNC(=O)/C=C/c1ccc(OCc2c(C)noc2C)c(OC)c1)c1ccco1. The lowest BCUT2D eigenvalue weighted by Gasteiger charge is -2.28. The molecule has 2 heterocycles. The molecule has 1 N–H and O–H groups in total. The minimum Gasteiger partial charge on any atom is -0.493 e. The Morgan fingerprint density at radius 2 is 2.00 bits per heavy atom. The molecule has 0 bridgehead atoms. The quantitative estimate of drug-likeness (QED) is 0.387. The molecule has 8 nitrogen and oxygen atoms in total. The molecule has 2 aromatic heterocycles. The third kappa shape index (κ3) is 6.29. The molecule has 0 saturated carbocycles. The van der Waals surface area contributed by atoms with Gasteiger partial charge in [-0.2, -0.15) is 0 Å². The van der Waals surface area contributed by atoms with Crippen LogP contribution >= 0.6 is 0 Å². The fourth-order valence-electron chi connectivity index (χ4n) is 3.75. The molecule has 0 aliphatic rings. The summed E-state index contributed by atoms with van der Waals surface area (Å²) in [5.41, 5.74) is 2.54. The van der Waals surface area contributed by atoms with E-state index in [2.05, 4.69) is 29.2 Å². The van der Waals surface area contributed by atoms with Crippen molar-refractivity contribution in [3.63, 3.8) is 0 Å². The van der Waals surface area contributed by atoms with Crippen LogP contribution in [0.5, 0.6) is 11.5 Å². The molecule has 0 saturated heterocycles. The van der Waals surface area contributed by atoms with Crippen molar-refractivity contribution in [1.82, 2.24) is 15.4 Å². The van der Waals surface area contributed by atoms with E-state index < -0.39 is 0 Å². The summed E-state index contributed by atoms with van der Waals surface area (Å²) in [7, 11) is 1.58. The summed E-state index contributed by atoms with van der Waals surface area (Å²) in [5, 5.41) is 6.92. The van der Waals surface area contributed by atoms with Gasteiger partial charge in [0.05, 0.1) is 30.7 Å². The maximum Gasteiger partial charge on any atom is 0.244 e. The predicted molar refractivity (Wildman–Crippen MR) is 130 cm³/mol. The molecule has 0 radical (unpaired) electrons. The lowest BCUT2D eigenvalue weighted by Crippen LogP contribution is -2.37. The van der Waals surface area contributed by atoms with Crippen molar-refractivity contribution in [3.05, 3.63) is 71.0 Å². The Hall–Kier alpha value is -3.52. The molecule has 0 unspecified atom stereocenters. The van der Waals surface area contributed by atoms with Crippen molar-refractivity contribution in [3.8, 4) is 11.5 Å². The third-order valence-corrected chi connectivity index (χ3v) is 5.76. The molecule has 3 rings (SSSR count). The number of nitrogens with zero attached hydrogens (tertiary/aromatic N) is 2. The smallest absolute Gasteiger partial charge is 0.244 e. The minimum absolute atomic E-state index is 0.0171. The Labute approximate surface area is 200 Å². The minimum atomic E-state index is -0.179. The zero-order valence-electron chi connectivity index (χ0n) is 20.5. The fraction of sp³-hybridized carbons (Fsp3) is 0.385. The first-order valence-electron chi connectivity index (χ1n) is 11.4. The maximum absolute atomic E-state index is 12.5. The number of carbonyl (C=O) groups excluding carboxylic acids is 1. The number of benzene rings is 1. The van der Waals surface area contributed by atoms with Crippen LogP contribution in [0.25, 0.3) is 6.08 Å². The molecule has 1 aromatic carbocycles. The Morgan fingerprint density at radius 3 is 2.62 bits per heavy atom. The molecular formula is C26H33N3O5. The van der Waals surface area contributed by atoms with Gasteiger partial charge in [-0.25, -0.2) is 0 Å².